The van der Waals surface area contributed by atoms with Crippen LogP contribution >= 0.6 is 11.6 Å². The van der Waals surface area contributed by atoms with E-state index in [2.05, 4.69) is 25.7 Å². The fraction of sp³-hybridized carbons (Fsp3) is 0.250. The molecule has 9 heteroatoms. The number of hydrogen-bond donors (Lipinski definition) is 2. The molecular formula is C20H20ClN5O3. The van der Waals surface area contributed by atoms with Crippen molar-refractivity contribution in [2.45, 2.75) is 6.92 Å². The van der Waals surface area contributed by atoms with Gasteiger partial charge in [-0.25, -0.2) is 0 Å². The summed E-state index contributed by atoms with van der Waals surface area (Å²) in [7, 11) is 0. The van der Waals surface area contributed by atoms with Gasteiger partial charge in [0.1, 0.15) is 0 Å². The van der Waals surface area contributed by atoms with Gasteiger partial charge in [-0.2, -0.15) is 0 Å². The summed E-state index contributed by atoms with van der Waals surface area (Å²) in [6.45, 7) is 5.07. The standard InChI is InChI=1S/C20H20ClN5O3/c1-13-2-3-15(12-17(13)21)23-20-25-24-19(29-20)18(27)22-14-4-6-16(7-5-14)26-8-10-28-11-9-26/h2-7,12H,8-11H2,1H3,(H,22,27)(H,23,25). The summed E-state index contributed by atoms with van der Waals surface area (Å²) in [4.78, 5) is 14.6. The van der Waals surface area contributed by atoms with Crippen LogP contribution in [0, 0.1) is 6.92 Å². The van der Waals surface area contributed by atoms with E-state index in [9.17, 15) is 4.79 Å². The molecular weight excluding hydrogens is 394 g/mol. The number of carbonyl (C=O) groups excluding carboxylic acids is 1. The highest BCUT2D eigenvalue weighted by atomic mass is 35.5. The van der Waals surface area contributed by atoms with E-state index in [1.165, 1.54) is 0 Å². The summed E-state index contributed by atoms with van der Waals surface area (Å²) in [5.74, 6) is -0.616. The van der Waals surface area contributed by atoms with Crippen molar-refractivity contribution in [1.82, 2.24) is 10.2 Å². The van der Waals surface area contributed by atoms with Crippen molar-refractivity contribution >= 4 is 40.6 Å². The minimum Gasteiger partial charge on any atom is -0.399 e. The third-order valence-electron chi connectivity index (χ3n) is 4.54. The number of ether oxygens (including phenoxy) is 1. The van der Waals surface area contributed by atoms with Gasteiger partial charge in [0.05, 0.1) is 13.2 Å². The van der Waals surface area contributed by atoms with Crippen molar-refractivity contribution in [2.24, 2.45) is 0 Å². The van der Waals surface area contributed by atoms with E-state index < -0.39 is 5.91 Å². The molecule has 1 aliphatic heterocycles. The molecule has 3 aromatic rings. The number of halogens is 1. The minimum atomic E-state index is -0.480. The van der Waals surface area contributed by atoms with E-state index in [1.54, 1.807) is 6.07 Å². The maximum atomic E-state index is 12.4. The lowest BCUT2D eigenvalue weighted by Gasteiger charge is -2.28. The van der Waals surface area contributed by atoms with Crippen LogP contribution in [0.1, 0.15) is 16.2 Å². The molecule has 0 aliphatic carbocycles. The van der Waals surface area contributed by atoms with E-state index in [0.29, 0.717) is 16.4 Å². The van der Waals surface area contributed by atoms with Gasteiger partial charge in [0.15, 0.2) is 0 Å². The summed E-state index contributed by atoms with van der Waals surface area (Å²) in [6.07, 6.45) is 0. The number of amides is 1. The maximum absolute atomic E-state index is 12.4. The van der Waals surface area contributed by atoms with E-state index in [4.69, 9.17) is 20.8 Å². The van der Waals surface area contributed by atoms with Gasteiger partial charge in [-0.15, -0.1) is 5.10 Å². The Balaban J connectivity index is 1.38. The lowest BCUT2D eigenvalue weighted by atomic mass is 10.2. The Morgan fingerprint density at radius 2 is 1.79 bits per heavy atom. The SMILES string of the molecule is Cc1ccc(Nc2nnc(C(=O)Nc3ccc(N4CCOCC4)cc3)o2)cc1Cl. The first kappa shape index (κ1) is 19.2. The van der Waals surface area contributed by atoms with Gasteiger partial charge < -0.3 is 24.7 Å². The van der Waals surface area contributed by atoms with Crippen molar-refractivity contribution in [3.8, 4) is 0 Å². The Bertz CT molecular complexity index is 1000. The highest BCUT2D eigenvalue weighted by molar-refractivity contribution is 6.31. The molecule has 4 rings (SSSR count). The monoisotopic (exact) mass is 413 g/mol. The number of aromatic nitrogens is 2. The van der Waals surface area contributed by atoms with Crippen LogP contribution in [0.3, 0.4) is 0 Å². The second-order valence-electron chi connectivity index (χ2n) is 6.60. The lowest BCUT2D eigenvalue weighted by molar-refractivity contribution is 0.0991. The van der Waals surface area contributed by atoms with Gasteiger partial charge in [0.2, 0.25) is 0 Å². The average Bonchev–Trinajstić information content (AvgIpc) is 3.21. The van der Waals surface area contributed by atoms with Crippen molar-refractivity contribution in [2.75, 3.05) is 41.8 Å². The quantitative estimate of drug-likeness (QED) is 0.655. The molecule has 1 aromatic heterocycles. The topological polar surface area (TPSA) is 92.5 Å². The molecule has 2 heterocycles. The zero-order valence-electron chi connectivity index (χ0n) is 15.8. The summed E-state index contributed by atoms with van der Waals surface area (Å²) in [5, 5.41) is 14.0. The predicted molar refractivity (Wildman–Crippen MR) is 111 cm³/mol. The van der Waals surface area contributed by atoms with Crippen LogP contribution in [-0.2, 0) is 4.74 Å². The predicted octanol–water partition coefficient (Wildman–Crippen LogP) is 3.86. The maximum Gasteiger partial charge on any atom is 0.320 e. The van der Waals surface area contributed by atoms with Gasteiger partial charge >= 0.3 is 17.8 Å². The zero-order chi connectivity index (χ0) is 20.2. The van der Waals surface area contributed by atoms with Gasteiger partial charge in [-0.1, -0.05) is 22.8 Å². The second kappa shape index (κ2) is 8.50. The van der Waals surface area contributed by atoms with Gasteiger partial charge in [0.25, 0.3) is 0 Å². The van der Waals surface area contributed by atoms with Gasteiger partial charge in [-0.3, -0.25) is 4.79 Å². The number of carbonyl (C=O) groups is 1. The van der Waals surface area contributed by atoms with E-state index in [0.717, 1.165) is 37.6 Å². The largest absolute Gasteiger partial charge is 0.399 e. The van der Waals surface area contributed by atoms with Gasteiger partial charge in [-0.05, 0) is 48.9 Å². The molecule has 1 amide bonds. The Morgan fingerprint density at radius 3 is 2.52 bits per heavy atom. The molecule has 0 atom stereocenters. The number of anilines is 4. The van der Waals surface area contributed by atoms with E-state index in [-0.39, 0.29) is 11.9 Å². The lowest BCUT2D eigenvalue weighted by Crippen LogP contribution is -2.36. The fourth-order valence-corrected chi connectivity index (χ4v) is 3.10. The van der Waals surface area contributed by atoms with Crippen LogP contribution in [0.2, 0.25) is 5.02 Å². The molecule has 2 aromatic carbocycles. The number of hydrogen-bond acceptors (Lipinski definition) is 7. The number of aryl methyl sites for hydroxylation is 1. The van der Waals surface area contributed by atoms with Crippen molar-refractivity contribution in [1.29, 1.82) is 0 Å². The third-order valence-corrected chi connectivity index (χ3v) is 4.95. The van der Waals surface area contributed by atoms with E-state index >= 15 is 0 Å². The number of benzene rings is 2. The second-order valence-corrected chi connectivity index (χ2v) is 7.01. The van der Waals surface area contributed by atoms with Crippen molar-refractivity contribution in [3.05, 3.63) is 58.9 Å². The number of nitrogens with zero attached hydrogens (tertiary/aromatic N) is 3. The van der Waals surface area contributed by atoms with Crippen molar-refractivity contribution < 1.29 is 13.9 Å². The number of nitrogens with one attached hydrogen (secondary N) is 2. The molecule has 1 fully saturated rings. The van der Waals surface area contributed by atoms with Crippen molar-refractivity contribution in [3.63, 3.8) is 0 Å². The highest BCUT2D eigenvalue weighted by Gasteiger charge is 2.16. The summed E-state index contributed by atoms with van der Waals surface area (Å²) in [5.41, 5.74) is 3.38. The summed E-state index contributed by atoms with van der Waals surface area (Å²) >= 11 is 6.11. The molecule has 29 heavy (non-hydrogen) atoms. The molecule has 0 spiro atoms. The molecule has 150 valence electrons. The molecule has 2 N–H and O–H groups in total. The molecule has 1 aliphatic rings. The summed E-state index contributed by atoms with van der Waals surface area (Å²) in [6, 6.07) is 13.2. The summed E-state index contributed by atoms with van der Waals surface area (Å²) < 4.78 is 10.8. The first-order valence-corrected chi connectivity index (χ1v) is 9.57. The molecule has 8 nitrogen and oxygen atoms in total. The molecule has 0 saturated carbocycles. The van der Waals surface area contributed by atoms with Crippen LogP contribution < -0.4 is 15.5 Å². The zero-order valence-corrected chi connectivity index (χ0v) is 16.6. The first-order valence-electron chi connectivity index (χ1n) is 9.19. The molecule has 0 unspecified atom stereocenters. The number of rotatable bonds is 5. The first-order chi connectivity index (χ1) is 14.1. The molecule has 0 radical (unpaired) electrons. The van der Waals surface area contributed by atoms with Gasteiger partial charge in [0, 0.05) is 35.2 Å². The molecule has 1 saturated heterocycles. The number of morpholine rings is 1. The minimum absolute atomic E-state index is 0.109. The average molecular weight is 414 g/mol. The Hall–Kier alpha value is -3.10. The normalized spacial score (nSPS) is 13.9. The smallest absolute Gasteiger partial charge is 0.320 e. The fourth-order valence-electron chi connectivity index (χ4n) is 2.92. The highest BCUT2D eigenvalue weighted by Crippen LogP contribution is 2.23. The van der Waals surface area contributed by atoms with Crippen LogP contribution in [0.25, 0.3) is 0 Å². The Kier molecular flexibility index (Phi) is 5.64. The van der Waals surface area contributed by atoms with Crippen LogP contribution in [0.15, 0.2) is 46.9 Å². The molecule has 0 bridgehead atoms. The van der Waals surface area contributed by atoms with Crippen LogP contribution in [-0.4, -0.2) is 42.4 Å². The van der Waals surface area contributed by atoms with E-state index in [1.807, 2.05) is 43.3 Å². The Labute approximate surface area is 172 Å². The third kappa shape index (κ3) is 4.67. The van der Waals surface area contributed by atoms with Crippen LogP contribution in [0.5, 0.6) is 0 Å². The van der Waals surface area contributed by atoms with Crippen LogP contribution in [0.4, 0.5) is 23.1 Å². The Morgan fingerprint density at radius 1 is 1.07 bits per heavy atom.